The summed E-state index contributed by atoms with van der Waals surface area (Å²) in [5, 5.41) is 3.15. The molecule has 0 unspecified atom stereocenters. The third-order valence-corrected chi connectivity index (χ3v) is 5.83. The zero-order valence-electron chi connectivity index (χ0n) is 14.1. The first kappa shape index (κ1) is 16.8. The van der Waals surface area contributed by atoms with Crippen LogP contribution in [0.1, 0.15) is 31.2 Å². The van der Waals surface area contributed by atoms with E-state index in [2.05, 4.69) is 41.4 Å². The summed E-state index contributed by atoms with van der Waals surface area (Å²) < 4.78 is 0. The molecule has 1 aromatic carbocycles. The van der Waals surface area contributed by atoms with Crippen LogP contribution in [0, 0.1) is 18.8 Å². The van der Waals surface area contributed by atoms with Gasteiger partial charge in [-0.25, -0.2) is 0 Å². The summed E-state index contributed by atoms with van der Waals surface area (Å²) in [5.41, 5.74) is 1.31. The van der Waals surface area contributed by atoms with E-state index in [1.807, 2.05) is 11.8 Å². The number of carbonyl (C=O) groups excluding carboxylic acids is 1. The minimum absolute atomic E-state index is 0.201. The molecule has 1 heterocycles. The highest BCUT2D eigenvalue weighted by atomic mass is 32.2. The molecule has 1 saturated heterocycles. The van der Waals surface area contributed by atoms with Crippen LogP contribution in [0.15, 0.2) is 29.2 Å². The Labute approximate surface area is 144 Å². The normalized spacial score (nSPS) is 22.0. The second-order valence-electron chi connectivity index (χ2n) is 6.99. The smallest absolute Gasteiger partial charge is 0.224 e. The average molecular weight is 333 g/mol. The summed E-state index contributed by atoms with van der Waals surface area (Å²) in [6, 6.07) is 8.74. The molecule has 3 nitrogen and oxygen atoms in total. The number of aryl methyl sites for hydroxylation is 1. The molecular formula is C19H28N2OS. The van der Waals surface area contributed by atoms with Gasteiger partial charge in [0.05, 0.1) is 5.92 Å². The van der Waals surface area contributed by atoms with E-state index in [-0.39, 0.29) is 11.8 Å². The number of thioether (sulfide) groups is 1. The molecule has 2 fully saturated rings. The van der Waals surface area contributed by atoms with Crippen molar-refractivity contribution in [3.05, 3.63) is 29.8 Å². The Bertz CT molecular complexity index is 513. The van der Waals surface area contributed by atoms with Gasteiger partial charge in [0, 0.05) is 30.3 Å². The second-order valence-corrected chi connectivity index (χ2v) is 8.16. The van der Waals surface area contributed by atoms with E-state index in [0.717, 1.165) is 50.7 Å². The van der Waals surface area contributed by atoms with Gasteiger partial charge in [0.15, 0.2) is 0 Å². The number of amides is 1. The molecule has 1 aliphatic heterocycles. The van der Waals surface area contributed by atoms with Crippen LogP contribution in [-0.2, 0) is 4.79 Å². The van der Waals surface area contributed by atoms with Crippen molar-refractivity contribution in [1.29, 1.82) is 0 Å². The first-order valence-electron chi connectivity index (χ1n) is 8.90. The molecule has 1 amide bonds. The van der Waals surface area contributed by atoms with Crippen molar-refractivity contribution in [3.63, 3.8) is 0 Å². The van der Waals surface area contributed by atoms with Crippen molar-refractivity contribution >= 4 is 17.7 Å². The summed E-state index contributed by atoms with van der Waals surface area (Å²) in [6.07, 6.45) is 4.80. The molecule has 2 aliphatic rings. The number of carbonyl (C=O) groups is 1. The molecule has 126 valence electrons. The van der Waals surface area contributed by atoms with Crippen molar-refractivity contribution in [1.82, 2.24) is 10.2 Å². The average Bonchev–Trinajstić information content (AvgIpc) is 3.39. The van der Waals surface area contributed by atoms with E-state index < -0.39 is 0 Å². The van der Waals surface area contributed by atoms with Gasteiger partial charge in [-0.2, -0.15) is 0 Å². The minimum atomic E-state index is 0.201. The number of hydrogen-bond donors (Lipinski definition) is 1. The predicted molar refractivity (Wildman–Crippen MR) is 96.8 cm³/mol. The van der Waals surface area contributed by atoms with E-state index in [1.54, 1.807) is 0 Å². The van der Waals surface area contributed by atoms with Gasteiger partial charge < -0.3 is 10.2 Å². The van der Waals surface area contributed by atoms with Crippen LogP contribution in [0.5, 0.6) is 0 Å². The monoisotopic (exact) mass is 332 g/mol. The van der Waals surface area contributed by atoms with Crippen molar-refractivity contribution < 1.29 is 4.79 Å². The van der Waals surface area contributed by atoms with Crippen LogP contribution in [0.2, 0.25) is 0 Å². The largest absolute Gasteiger partial charge is 0.356 e. The minimum Gasteiger partial charge on any atom is -0.356 e. The van der Waals surface area contributed by atoms with Crippen molar-refractivity contribution in [2.45, 2.75) is 37.5 Å². The van der Waals surface area contributed by atoms with Gasteiger partial charge >= 0.3 is 0 Å². The van der Waals surface area contributed by atoms with E-state index in [9.17, 15) is 4.79 Å². The molecule has 0 spiro atoms. The topological polar surface area (TPSA) is 32.3 Å². The molecule has 0 radical (unpaired) electrons. The quantitative estimate of drug-likeness (QED) is 0.778. The standard InChI is InChI=1S/C19H28N2OS/c1-15-4-8-18(9-5-15)23-12-11-21-10-2-3-17(14-21)19(22)20-13-16-6-7-16/h4-5,8-9,16-17H,2-3,6-7,10-14H2,1H3,(H,20,22)/t17-/m0/s1. The molecular weight excluding hydrogens is 304 g/mol. The maximum absolute atomic E-state index is 12.3. The lowest BCUT2D eigenvalue weighted by atomic mass is 9.97. The Hall–Kier alpha value is -1.00. The fourth-order valence-electron chi connectivity index (χ4n) is 3.11. The number of hydrogen-bond acceptors (Lipinski definition) is 3. The van der Waals surface area contributed by atoms with Crippen LogP contribution in [0.4, 0.5) is 0 Å². The maximum atomic E-state index is 12.3. The molecule has 0 bridgehead atoms. The number of benzene rings is 1. The predicted octanol–water partition coefficient (Wildman–Crippen LogP) is 3.33. The van der Waals surface area contributed by atoms with E-state index in [4.69, 9.17) is 0 Å². The molecule has 1 N–H and O–H groups in total. The number of nitrogens with zero attached hydrogens (tertiary/aromatic N) is 1. The van der Waals surface area contributed by atoms with Crippen LogP contribution in [0.3, 0.4) is 0 Å². The summed E-state index contributed by atoms with van der Waals surface area (Å²) in [6.45, 7) is 6.17. The van der Waals surface area contributed by atoms with E-state index in [1.165, 1.54) is 23.3 Å². The van der Waals surface area contributed by atoms with Gasteiger partial charge in [-0.1, -0.05) is 17.7 Å². The molecule has 1 aromatic rings. The Morgan fingerprint density at radius 1 is 1.26 bits per heavy atom. The molecule has 1 aliphatic carbocycles. The highest BCUT2D eigenvalue weighted by Crippen LogP contribution is 2.28. The fourth-order valence-corrected chi connectivity index (χ4v) is 4.02. The Morgan fingerprint density at radius 3 is 2.78 bits per heavy atom. The SMILES string of the molecule is Cc1ccc(SCCN2CCC[C@H](C(=O)NCC3CC3)C2)cc1. The molecule has 23 heavy (non-hydrogen) atoms. The molecule has 1 saturated carbocycles. The van der Waals surface area contributed by atoms with Crippen LogP contribution in [-0.4, -0.2) is 42.7 Å². The van der Waals surface area contributed by atoms with Crippen molar-refractivity contribution in [3.8, 4) is 0 Å². The van der Waals surface area contributed by atoms with Crippen LogP contribution >= 0.6 is 11.8 Å². The number of rotatable bonds is 7. The second kappa shape index (κ2) is 8.20. The lowest BCUT2D eigenvalue weighted by Crippen LogP contribution is -2.44. The Balaban J connectivity index is 1.37. The first-order valence-corrected chi connectivity index (χ1v) is 9.89. The lowest BCUT2D eigenvalue weighted by Gasteiger charge is -2.31. The molecule has 3 rings (SSSR count). The highest BCUT2D eigenvalue weighted by molar-refractivity contribution is 7.99. The van der Waals surface area contributed by atoms with Crippen LogP contribution in [0.25, 0.3) is 0 Å². The summed E-state index contributed by atoms with van der Waals surface area (Å²) >= 11 is 1.91. The van der Waals surface area contributed by atoms with Crippen molar-refractivity contribution in [2.24, 2.45) is 11.8 Å². The zero-order chi connectivity index (χ0) is 16.1. The van der Waals surface area contributed by atoms with Gasteiger partial charge in [-0.15, -0.1) is 11.8 Å². The van der Waals surface area contributed by atoms with E-state index >= 15 is 0 Å². The van der Waals surface area contributed by atoms with Crippen LogP contribution < -0.4 is 5.32 Å². The third kappa shape index (κ3) is 5.54. The lowest BCUT2D eigenvalue weighted by molar-refractivity contribution is -0.126. The third-order valence-electron chi connectivity index (χ3n) is 4.84. The van der Waals surface area contributed by atoms with E-state index in [0.29, 0.717) is 0 Å². The van der Waals surface area contributed by atoms with Gasteiger partial charge in [0.25, 0.3) is 0 Å². The highest BCUT2D eigenvalue weighted by Gasteiger charge is 2.27. The summed E-state index contributed by atoms with van der Waals surface area (Å²) in [7, 11) is 0. The summed E-state index contributed by atoms with van der Waals surface area (Å²) in [4.78, 5) is 16.1. The van der Waals surface area contributed by atoms with Gasteiger partial charge in [0.2, 0.25) is 5.91 Å². The number of likely N-dealkylation sites (tertiary alicyclic amines) is 1. The molecule has 1 atom stereocenters. The first-order chi connectivity index (χ1) is 11.2. The summed E-state index contributed by atoms with van der Waals surface area (Å²) in [5.74, 6) is 2.35. The molecule has 4 heteroatoms. The van der Waals surface area contributed by atoms with Gasteiger partial charge in [-0.3, -0.25) is 4.79 Å². The Kier molecular flexibility index (Phi) is 6.01. The van der Waals surface area contributed by atoms with Crippen molar-refractivity contribution in [2.75, 3.05) is 31.9 Å². The zero-order valence-corrected chi connectivity index (χ0v) is 14.9. The van der Waals surface area contributed by atoms with Gasteiger partial charge in [0.1, 0.15) is 0 Å². The number of nitrogens with one attached hydrogen (secondary N) is 1. The Morgan fingerprint density at radius 2 is 2.04 bits per heavy atom. The maximum Gasteiger partial charge on any atom is 0.224 e. The molecule has 0 aromatic heterocycles. The number of piperidine rings is 1. The van der Waals surface area contributed by atoms with Gasteiger partial charge in [-0.05, 0) is 57.2 Å². The fraction of sp³-hybridized carbons (Fsp3) is 0.632.